The molecular weight excluding hydrogens is 276 g/mol. The highest BCUT2D eigenvalue weighted by atomic mass is 79.9. The second-order valence-corrected chi connectivity index (χ2v) is 7.21. The Morgan fingerprint density at radius 1 is 1.33 bits per heavy atom. The Balaban J connectivity index is 3.00. The van der Waals surface area contributed by atoms with Crippen LogP contribution in [-0.2, 0) is 9.84 Å². The van der Waals surface area contributed by atoms with Gasteiger partial charge in [-0.25, -0.2) is 8.42 Å². The van der Waals surface area contributed by atoms with Crippen LogP contribution in [0.4, 0.5) is 0 Å². The van der Waals surface area contributed by atoms with Gasteiger partial charge in [-0.15, -0.1) is 0 Å². The molecular formula is C11H15BrO2S. The van der Waals surface area contributed by atoms with Crippen molar-refractivity contribution in [2.24, 2.45) is 0 Å². The summed E-state index contributed by atoms with van der Waals surface area (Å²) in [6.45, 7) is 3.99. The van der Waals surface area contributed by atoms with Crippen molar-refractivity contribution in [1.29, 1.82) is 0 Å². The second kappa shape index (κ2) is 4.66. The minimum absolute atomic E-state index is 0.118. The monoisotopic (exact) mass is 290 g/mol. The fourth-order valence-electron chi connectivity index (χ4n) is 1.45. The highest BCUT2D eigenvalue weighted by molar-refractivity contribution is 9.09. The van der Waals surface area contributed by atoms with Crippen LogP contribution in [0.1, 0.15) is 21.5 Å². The van der Waals surface area contributed by atoms with Gasteiger partial charge < -0.3 is 0 Å². The molecule has 0 fully saturated rings. The number of hydrogen-bond acceptors (Lipinski definition) is 2. The van der Waals surface area contributed by atoms with Gasteiger partial charge in [0.25, 0.3) is 0 Å². The second-order valence-electron chi connectivity index (χ2n) is 3.92. The van der Waals surface area contributed by atoms with Crippen LogP contribution in [0, 0.1) is 13.8 Å². The maximum Gasteiger partial charge on any atom is 0.148 e. The van der Waals surface area contributed by atoms with E-state index in [-0.39, 0.29) is 10.6 Å². The lowest BCUT2D eigenvalue weighted by atomic mass is 10.0. The van der Waals surface area contributed by atoms with Crippen LogP contribution in [0.2, 0.25) is 0 Å². The van der Waals surface area contributed by atoms with E-state index in [1.807, 2.05) is 32.0 Å². The summed E-state index contributed by atoms with van der Waals surface area (Å²) in [7, 11) is -2.95. The third kappa shape index (κ3) is 3.95. The summed E-state index contributed by atoms with van der Waals surface area (Å²) in [4.78, 5) is -0.118. The Morgan fingerprint density at radius 2 is 1.93 bits per heavy atom. The molecule has 0 bridgehead atoms. The molecule has 0 aliphatic carbocycles. The van der Waals surface area contributed by atoms with Gasteiger partial charge in [-0.1, -0.05) is 39.7 Å². The third-order valence-electron chi connectivity index (χ3n) is 2.22. The number of alkyl halides is 1. The first-order valence-electron chi connectivity index (χ1n) is 4.68. The molecule has 0 aliphatic heterocycles. The van der Waals surface area contributed by atoms with Crippen LogP contribution < -0.4 is 0 Å². The zero-order valence-electron chi connectivity index (χ0n) is 9.12. The molecule has 0 amide bonds. The van der Waals surface area contributed by atoms with E-state index in [0.29, 0.717) is 0 Å². The maximum absolute atomic E-state index is 11.2. The lowest BCUT2D eigenvalue weighted by Gasteiger charge is -2.12. The quantitative estimate of drug-likeness (QED) is 0.802. The van der Waals surface area contributed by atoms with E-state index in [2.05, 4.69) is 15.9 Å². The van der Waals surface area contributed by atoms with E-state index >= 15 is 0 Å². The fraction of sp³-hybridized carbons (Fsp3) is 0.455. The Kier molecular flexibility index (Phi) is 3.95. The highest BCUT2D eigenvalue weighted by Gasteiger charge is 2.15. The van der Waals surface area contributed by atoms with Crippen molar-refractivity contribution in [2.75, 3.05) is 12.0 Å². The van der Waals surface area contributed by atoms with Crippen molar-refractivity contribution in [3.05, 3.63) is 34.9 Å². The molecule has 0 radical (unpaired) electrons. The Morgan fingerprint density at radius 3 is 2.47 bits per heavy atom. The molecule has 15 heavy (non-hydrogen) atoms. The maximum atomic E-state index is 11.2. The Labute approximate surface area is 99.7 Å². The third-order valence-corrected chi connectivity index (χ3v) is 4.41. The topological polar surface area (TPSA) is 34.1 Å². The SMILES string of the molecule is Cc1ccc(C)c(C(Br)CS(C)(=O)=O)c1. The first-order valence-corrected chi connectivity index (χ1v) is 7.66. The predicted molar refractivity (Wildman–Crippen MR) is 67.3 cm³/mol. The molecule has 1 atom stereocenters. The van der Waals surface area contributed by atoms with Crippen molar-refractivity contribution in [3.8, 4) is 0 Å². The molecule has 84 valence electrons. The molecule has 0 aliphatic rings. The molecule has 0 heterocycles. The Bertz CT molecular complexity index is 452. The van der Waals surface area contributed by atoms with E-state index in [4.69, 9.17) is 0 Å². The lowest BCUT2D eigenvalue weighted by Crippen LogP contribution is -2.09. The molecule has 4 heteroatoms. The van der Waals surface area contributed by atoms with Crippen molar-refractivity contribution < 1.29 is 8.42 Å². The van der Waals surface area contributed by atoms with Crippen LogP contribution in [0.25, 0.3) is 0 Å². The normalized spacial score (nSPS) is 13.9. The molecule has 1 aromatic rings. The van der Waals surface area contributed by atoms with Gasteiger partial charge in [0.1, 0.15) is 9.84 Å². The van der Waals surface area contributed by atoms with Gasteiger partial charge in [-0.05, 0) is 25.0 Å². The fourth-order valence-corrected chi connectivity index (χ4v) is 4.10. The van der Waals surface area contributed by atoms with Gasteiger partial charge >= 0.3 is 0 Å². The summed E-state index contributed by atoms with van der Waals surface area (Å²) in [5, 5.41) is 0. The van der Waals surface area contributed by atoms with Gasteiger partial charge in [0, 0.05) is 6.26 Å². The van der Waals surface area contributed by atoms with Crippen LogP contribution in [0.15, 0.2) is 18.2 Å². The van der Waals surface area contributed by atoms with Gasteiger partial charge in [-0.3, -0.25) is 0 Å². The van der Waals surface area contributed by atoms with E-state index in [9.17, 15) is 8.42 Å². The molecule has 0 N–H and O–H groups in total. The summed E-state index contributed by atoms with van der Waals surface area (Å²) in [5.74, 6) is 0.136. The number of halogens is 1. The van der Waals surface area contributed by atoms with Gasteiger partial charge in [0.2, 0.25) is 0 Å². The number of hydrogen-bond donors (Lipinski definition) is 0. The predicted octanol–water partition coefficient (Wildman–Crippen LogP) is 2.78. The van der Waals surface area contributed by atoms with E-state index in [1.54, 1.807) is 0 Å². The number of benzene rings is 1. The Hall–Kier alpha value is -0.350. The number of sulfone groups is 1. The minimum atomic E-state index is -2.95. The van der Waals surface area contributed by atoms with Crippen molar-refractivity contribution in [3.63, 3.8) is 0 Å². The standard InChI is InChI=1S/C11H15BrO2S/c1-8-4-5-9(2)10(6-8)11(12)7-15(3,13)14/h4-6,11H,7H2,1-3H3. The average molecular weight is 291 g/mol. The minimum Gasteiger partial charge on any atom is -0.229 e. The zero-order valence-corrected chi connectivity index (χ0v) is 11.5. The van der Waals surface area contributed by atoms with Gasteiger partial charge in [-0.2, -0.15) is 0 Å². The smallest absolute Gasteiger partial charge is 0.148 e. The summed E-state index contributed by atoms with van der Waals surface area (Å²) in [6, 6.07) is 6.07. The van der Waals surface area contributed by atoms with E-state index in [1.165, 1.54) is 6.26 Å². The van der Waals surface area contributed by atoms with Crippen LogP contribution in [0.5, 0.6) is 0 Å². The van der Waals surface area contributed by atoms with Crippen LogP contribution in [-0.4, -0.2) is 20.4 Å². The van der Waals surface area contributed by atoms with Gasteiger partial charge in [0.05, 0.1) is 10.6 Å². The van der Waals surface area contributed by atoms with Crippen LogP contribution in [0.3, 0.4) is 0 Å². The zero-order chi connectivity index (χ0) is 11.6. The number of aryl methyl sites for hydroxylation is 2. The van der Waals surface area contributed by atoms with Crippen LogP contribution >= 0.6 is 15.9 Å². The van der Waals surface area contributed by atoms with E-state index in [0.717, 1.165) is 16.7 Å². The molecule has 0 saturated carbocycles. The summed E-state index contributed by atoms with van der Waals surface area (Å²) < 4.78 is 22.4. The number of rotatable bonds is 3. The molecule has 1 rings (SSSR count). The van der Waals surface area contributed by atoms with Crippen molar-refractivity contribution in [1.82, 2.24) is 0 Å². The largest absolute Gasteiger partial charge is 0.229 e. The molecule has 1 unspecified atom stereocenters. The summed E-state index contributed by atoms with van der Waals surface area (Å²) in [6.07, 6.45) is 1.26. The van der Waals surface area contributed by atoms with Gasteiger partial charge in [0.15, 0.2) is 0 Å². The summed E-state index contributed by atoms with van der Waals surface area (Å²) >= 11 is 3.43. The first-order chi connectivity index (χ1) is 6.79. The molecule has 0 saturated heterocycles. The molecule has 0 aromatic heterocycles. The lowest BCUT2D eigenvalue weighted by molar-refractivity contribution is 0.601. The molecule has 0 spiro atoms. The molecule has 2 nitrogen and oxygen atoms in total. The van der Waals surface area contributed by atoms with Crippen molar-refractivity contribution >= 4 is 25.8 Å². The first kappa shape index (κ1) is 12.7. The van der Waals surface area contributed by atoms with Crippen molar-refractivity contribution in [2.45, 2.75) is 18.7 Å². The average Bonchev–Trinajstić information content (AvgIpc) is 2.06. The highest BCUT2D eigenvalue weighted by Crippen LogP contribution is 2.27. The van der Waals surface area contributed by atoms with E-state index < -0.39 is 9.84 Å². The molecule has 1 aromatic carbocycles. The summed E-state index contributed by atoms with van der Waals surface area (Å²) in [5.41, 5.74) is 3.32.